The molecule has 3 rings (SSSR count). The van der Waals surface area contributed by atoms with Gasteiger partial charge in [0.1, 0.15) is 18.2 Å². The molecule has 0 radical (unpaired) electrons. The van der Waals surface area contributed by atoms with E-state index in [1.807, 2.05) is 19.1 Å². The van der Waals surface area contributed by atoms with E-state index >= 15 is 0 Å². The lowest BCUT2D eigenvalue weighted by atomic mass is 10.0. The Morgan fingerprint density at radius 3 is 2.57 bits per heavy atom. The first-order chi connectivity index (χ1) is 14.3. The number of ether oxygens (including phenoxy) is 1. The van der Waals surface area contributed by atoms with Gasteiger partial charge in [-0.2, -0.15) is 0 Å². The summed E-state index contributed by atoms with van der Waals surface area (Å²) in [6, 6.07) is 12.5. The average molecular weight is 428 g/mol. The third kappa shape index (κ3) is 4.89. The molecule has 6 nitrogen and oxygen atoms in total. The second-order valence-electron chi connectivity index (χ2n) is 7.37. The molecule has 3 aromatic rings. The summed E-state index contributed by atoms with van der Waals surface area (Å²) in [6.45, 7) is 5.37. The molecule has 1 atom stereocenters. The van der Waals surface area contributed by atoms with Crippen LogP contribution in [-0.4, -0.2) is 17.9 Å². The quantitative estimate of drug-likeness (QED) is 0.469. The number of carbonyl (C=O) groups is 2. The minimum Gasteiger partial charge on any atom is -0.459 e. The van der Waals surface area contributed by atoms with Gasteiger partial charge in [-0.25, -0.2) is 9.59 Å². The highest BCUT2D eigenvalue weighted by atomic mass is 35.5. The molecule has 30 heavy (non-hydrogen) atoms. The summed E-state index contributed by atoms with van der Waals surface area (Å²) in [5.41, 5.74) is 1.67. The number of rotatable bonds is 6. The zero-order chi connectivity index (χ0) is 21.8. The molecule has 0 unspecified atom stereocenters. The van der Waals surface area contributed by atoms with Crippen LogP contribution in [0.1, 0.15) is 35.3 Å². The predicted octanol–water partition coefficient (Wildman–Crippen LogP) is 4.25. The van der Waals surface area contributed by atoms with Gasteiger partial charge in [0.15, 0.2) is 0 Å². The van der Waals surface area contributed by atoms with Gasteiger partial charge in [0.25, 0.3) is 5.91 Å². The standard InChI is InChI=1S/C23H22ClNO5/c1-13(2)21(25-22(27)17-6-4-5-7-18(17)24)23(28)29-12-15-11-20(26)30-19-10-14(3)8-9-16(15)19/h4-11,13,21H,12H2,1-3H3,(H,25,27)/t21-/m0/s1. The Morgan fingerprint density at radius 1 is 1.13 bits per heavy atom. The predicted molar refractivity (Wildman–Crippen MR) is 115 cm³/mol. The number of nitrogens with one attached hydrogen (secondary N) is 1. The lowest BCUT2D eigenvalue weighted by Gasteiger charge is -2.21. The van der Waals surface area contributed by atoms with Crippen LogP contribution in [0.4, 0.5) is 0 Å². The number of hydrogen-bond acceptors (Lipinski definition) is 5. The SMILES string of the molecule is Cc1ccc2c(COC(=O)[C@@H](NC(=O)c3ccccc3Cl)C(C)C)cc(=O)oc2c1. The van der Waals surface area contributed by atoms with Crippen molar-refractivity contribution in [3.63, 3.8) is 0 Å². The summed E-state index contributed by atoms with van der Waals surface area (Å²) in [5.74, 6) is -1.28. The molecule has 2 aromatic carbocycles. The number of benzene rings is 2. The van der Waals surface area contributed by atoms with Crippen LogP contribution in [0.15, 0.2) is 57.7 Å². The van der Waals surface area contributed by atoms with Crippen LogP contribution < -0.4 is 10.9 Å². The van der Waals surface area contributed by atoms with E-state index in [-0.39, 0.29) is 18.1 Å². The van der Waals surface area contributed by atoms with Gasteiger partial charge in [-0.1, -0.05) is 49.7 Å². The Hall–Kier alpha value is -3.12. The van der Waals surface area contributed by atoms with Crippen LogP contribution in [0.3, 0.4) is 0 Å². The van der Waals surface area contributed by atoms with Crippen LogP contribution in [-0.2, 0) is 16.1 Å². The average Bonchev–Trinajstić information content (AvgIpc) is 2.69. The normalized spacial score (nSPS) is 12.0. The van der Waals surface area contributed by atoms with Crippen molar-refractivity contribution in [2.24, 2.45) is 5.92 Å². The Labute approximate surface area is 178 Å². The smallest absolute Gasteiger partial charge is 0.336 e. The highest BCUT2D eigenvalue weighted by Crippen LogP contribution is 2.20. The van der Waals surface area contributed by atoms with Crippen LogP contribution in [0.25, 0.3) is 11.0 Å². The second-order valence-corrected chi connectivity index (χ2v) is 7.78. The topological polar surface area (TPSA) is 85.6 Å². The van der Waals surface area contributed by atoms with Crippen molar-refractivity contribution in [2.75, 3.05) is 0 Å². The molecule has 0 aliphatic rings. The van der Waals surface area contributed by atoms with Gasteiger partial charge in [0.05, 0.1) is 10.6 Å². The molecule has 1 amide bonds. The Kier molecular flexibility index (Phi) is 6.57. The highest BCUT2D eigenvalue weighted by molar-refractivity contribution is 6.33. The first-order valence-electron chi connectivity index (χ1n) is 9.51. The van der Waals surface area contributed by atoms with Crippen LogP contribution >= 0.6 is 11.6 Å². The maximum Gasteiger partial charge on any atom is 0.336 e. The number of esters is 1. The van der Waals surface area contributed by atoms with Gasteiger partial charge in [-0.3, -0.25) is 4.79 Å². The first kappa shape index (κ1) is 21.6. The number of amides is 1. The molecule has 0 aliphatic heterocycles. The minimum atomic E-state index is -0.873. The molecule has 0 saturated carbocycles. The van der Waals surface area contributed by atoms with E-state index < -0.39 is 23.5 Å². The van der Waals surface area contributed by atoms with E-state index in [1.54, 1.807) is 44.2 Å². The Bertz CT molecular complexity index is 1150. The molecule has 1 heterocycles. The Balaban J connectivity index is 1.76. The third-order valence-corrected chi connectivity index (χ3v) is 5.01. The first-order valence-corrected chi connectivity index (χ1v) is 9.89. The maximum atomic E-state index is 12.7. The largest absolute Gasteiger partial charge is 0.459 e. The monoisotopic (exact) mass is 427 g/mol. The molecule has 0 fully saturated rings. The number of fused-ring (bicyclic) bond motifs is 1. The molecular formula is C23H22ClNO5. The number of carbonyl (C=O) groups excluding carboxylic acids is 2. The van der Waals surface area contributed by atoms with Crippen LogP contribution in [0.5, 0.6) is 0 Å². The Morgan fingerprint density at radius 2 is 1.87 bits per heavy atom. The fourth-order valence-corrected chi connectivity index (χ4v) is 3.28. The van der Waals surface area contributed by atoms with Gasteiger partial charge < -0.3 is 14.5 Å². The van der Waals surface area contributed by atoms with Gasteiger partial charge >= 0.3 is 11.6 Å². The highest BCUT2D eigenvalue weighted by Gasteiger charge is 2.27. The van der Waals surface area contributed by atoms with Gasteiger partial charge in [-0.05, 0) is 36.6 Å². The zero-order valence-corrected chi connectivity index (χ0v) is 17.7. The molecule has 0 aliphatic carbocycles. The summed E-state index contributed by atoms with van der Waals surface area (Å²) in [4.78, 5) is 37.1. The zero-order valence-electron chi connectivity index (χ0n) is 16.9. The summed E-state index contributed by atoms with van der Waals surface area (Å²) < 4.78 is 10.7. The van der Waals surface area contributed by atoms with Crippen LogP contribution in [0.2, 0.25) is 5.02 Å². The molecule has 1 aromatic heterocycles. The lowest BCUT2D eigenvalue weighted by Crippen LogP contribution is -2.45. The molecule has 0 saturated heterocycles. The van der Waals surface area contributed by atoms with E-state index in [4.69, 9.17) is 20.8 Å². The summed E-state index contributed by atoms with van der Waals surface area (Å²) in [6.07, 6.45) is 0. The fourth-order valence-electron chi connectivity index (χ4n) is 3.06. The van der Waals surface area contributed by atoms with E-state index in [9.17, 15) is 14.4 Å². The van der Waals surface area contributed by atoms with Gasteiger partial charge in [-0.15, -0.1) is 0 Å². The van der Waals surface area contributed by atoms with E-state index in [0.29, 0.717) is 21.6 Å². The van der Waals surface area contributed by atoms with Gasteiger partial charge in [0.2, 0.25) is 0 Å². The summed E-state index contributed by atoms with van der Waals surface area (Å²) in [7, 11) is 0. The van der Waals surface area contributed by atoms with Crippen molar-refractivity contribution in [1.29, 1.82) is 0 Å². The lowest BCUT2D eigenvalue weighted by molar-refractivity contribution is -0.148. The minimum absolute atomic E-state index is 0.116. The molecule has 0 spiro atoms. The van der Waals surface area contributed by atoms with Gasteiger partial charge in [0, 0.05) is 17.0 Å². The third-order valence-electron chi connectivity index (χ3n) is 4.68. The van der Waals surface area contributed by atoms with Crippen molar-refractivity contribution in [1.82, 2.24) is 5.32 Å². The van der Waals surface area contributed by atoms with Crippen molar-refractivity contribution >= 4 is 34.4 Å². The fraction of sp³-hybridized carbons (Fsp3) is 0.261. The molecular weight excluding hydrogens is 406 g/mol. The van der Waals surface area contributed by atoms with E-state index in [0.717, 1.165) is 5.56 Å². The molecule has 7 heteroatoms. The van der Waals surface area contributed by atoms with Crippen molar-refractivity contribution in [3.05, 3.63) is 80.7 Å². The maximum absolute atomic E-state index is 12.7. The number of hydrogen-bond donors (Lipinski definition) is 1. The summed E-state index contributed by atoms with van der Waals surface area (Å²) >= 11 is 6.07. The molecule has 156 valence electrons. The van der Waals surface area contributed by atoms with E-state index in [1.165, 1.54) is 6.07 Å². The number of aryl methyl sites for hydroxylation is 1. The van der Waals surface area contributed by atoms with Crippen molar-refractivity contribution in [2.45, 2.75) is 33.4 Å². The second kappa shape index (κ2) is 9.13. The number of halogens is 1. The van der Waals surface area contributed by atoms with Crippen LogP contribution in [0, 0.1) is 12.8 Å². The molecule has 0 bridgehead atoms. The van der Waals surface area contributed by atoms with E-state index in [2.05, 4.69) is 5.32 Å². The van der Waals surface area contributed by atoms with Crippen molar-refractivity contribution < 1.29 is 18.7 Å². The van der Waals surface area contributed by atoms with Crippen molar-refractivity contribution in [3.8, 4) is 0 Å². The summed E-state index contributed by atoms with van der Waals surface area (Å²) in [5, 5.41) is 3.67. The molecule has 1 N–H and O–H groups in total.